The van der Waals surface area contributed by atoms with Crippen LogP contribution in [0.5, 0.6) is 0 Å². The van der Waals surface area contributed by atoms with Gasteiger partial charge in [-0.2, -0.15) is 10.8 Å². The topological polar surface area (TPSA) is 90.6 Å². The van der Waals surface area contributed by atoms with E-state index in [0.29, 0.717) is 10.2 Å². The summed E-state index contributed by atoms with van der Waals surface area (Å²) in [5.41, 5.74) is 7.02. The molecule has 2 aromatic rings. The minimum Gasteiger partial charge on any atom is -0.428 e. The molecule has 0 fully saturated rings. The van der Waals surface area contributed by atoms with Gasteiger partial charge < -0.3 is 58.4 Å². The van der Waals surface area contributed by atoms with Gasteiger partial charge in [-0.25, -0.2) is 0 Å². The number of thiocarbonyl (C=S) groups is 1. The Kier molecular flexibility index (Phi) is 29.1. The molecule has 0 aliphatic heterocycles. The second-order valence-corrected chi connectivity index (χ2v) is 8.48. The Balaban J connectivity index is -0.000000183. The van der Waals surface area contributed by atoms with Gasteiger partial charge in [-0.15, -0.1) is 0 Å². The summed E-state index contributed by atoms with van der Waals surface area (Å²) in [4.78, 5) is 24.6. The molecule has 2 aromatic heterocycles. The molecule has 0 radical (unpaired) electrons. The molecule has 0 aliphatic carbocycles. The summed E-state index contributed by atoms with van der Waals surface area (Å²) in [7, 11) is 7.53. The summed E-state index contributed by atoms with van der Waals surface area (Å²) >= 11 is 7.55. The standard InChI is InChI=1S/C7H9N2OS.C7H11N2S.C4H10N2S.C3H9N.2W/c1-5-4-11-7(8-5)9(3)6(2)10;1-4-9(3)7-8-6(2)5-10-7;1-3-6(2)4(5)7;1-3-4-2;;/h1-3H3;4H2,1-3H3;3H2,1-2H3,(H2,5,7);4H,3H2,1-2H3;;/q2*-1;;;;. The first-order chi connectivity index (χ1) is 14.9. The van der Waals surface area contributed by atoms with Crippen LogP contribution < -0.4 is 20.9 Å². The molecule has 0 aliphatic rings. The van der Waals surface area contributed by atoms with Crippen LogP contribution in [0, 0.1) is 24.6 Å². The van der Waals surface area contributed by atoms with Crippen molar-refractivity contribution in [3.05, 3.63) is 22.1 Å². The SMILES string of the molecule is CC(=O)N(C)c1nc(C)[c-]s1.CCN(C)C(N)=S.CCN(C)c1nc(C)[c-]s1.CCNC.[W].[W]. The van der Waals surface area contributed by atoms with Crippen molar-refractivity contribution < 1.29 is 46.9 Å². The number of hydrogen-bond donors (Lipinski definition) is 2. The molecular weight excluding hydrogens is 830 g/mol. The molecule has 0 unspecified atom stereocenters. The summed E-state index contributed by atoms with van der Waals surface area (Å²) in [6.07, 6.45) is 0. The smallest absolute Gasteiger partial charge is 0.209 e. The summed E-state index contributed by atoms with van der Waals surface area (Å²) in [5.74, 6) is -0.00671. The minimum atomic E-state index is -0.00671. The fourth-order valence-electron chi connectivity index (χ4n) is 1.35. The largest absolute Gasteiger partial charge is 0.428 e. The fourth-order valence-corrected chi connectivity index (χ4v) is 2.96. The molecule has 196 valence electrons. The van der Waals surface area contributed by atoms with Gasteiger partial charge in [-0.1, -0.05) is 18.3 Å². The van der Waals surface area contributed by atoms with Gasteiger partial charge in [0.15, 0.2) is 5.11 Å². The Bertz CT molecular complexity index is 773. The van der Waals surface area contributed by atoms with Crippen LogP contribution in [0.25, 0.3) is 0 Å². The number of rotatable bonds is 5. The molecule has 3 N–H and O–H groups in total. The van der Waals surface area contributed by atoms with E-state index in [-0.39, 0.29) is 48.0 Å². The average molecular weight is 869 g/mol. The molecule has 0 bridgehead atoms. The third-order valence-electron chi connectivity index (χ3n) is 3.87. The Morgan fingerprint density at radius 3 is 1.62 bits per heavy atom. The van der Waals surface area contributed by atoms with Crippen LogP contribution in [0.4, 0.5) is 10.3 Å². The number of amides is 1. The number of nitrogens with two attached hydrogens (primary N) is 1. The number of anilines is 2. The molecule has 13 heteroatoms. The summed E-state index contributed by atoms with van der Waals surface area (Å²) < 4.78 is 0. The second-order valence-electron chi connectivity index (χ2n) is 6.52. The molecule has 2 heterocycles. The quantitative estimate of drug-likeness (QED) is 0.350. The normalized spacial score (nSPS) is 8.65. The van der Waals surface area contributed by atoms with Gasteiger partial charge in [-0.3, -0.25) is 4.79 Å². The zero-order chi connectivity index (χ0) is 25.3. The third kappa shape index (κ3) is 19.8. The number of nitrogens with one attached hydrogen (secondary N) is 1. The number of aryl methyl sites for hydroxylation is 2. The molecule has 0 atom stereocenters. The Morgan fingerprint density at radius 1 is 1.00 bits per heavy atom. The van der Waals surface area contributed by atoms with E-state index in [1.807, 2.05) is 41.9 Å². The van der Waals surface area contributed by atoms with E-state index in [2.05, 4.69) is 57.0 Å². The van der Waals surface area contributed by atoms with Gasteiger partial charge in [0.05, 0.1) is 0 Å². The molecule has 0 aromatic carbocycles. The number of carbonyl (C=O) groups is 1. The minimum absolute atomic E-state index is 0. The first-order valence-electron chi connectivity index (χ1n) is 10.3. The summed E-state index contributed by atoms with van der Waals surface area (Å²) in [5, 5.41) is 11.2. The van der Waals surface area contributed by atoms with E-state index >= 15 is 0 Å². The predicted molar refractivity (Wildman–Crippen MR) is 144 cm³/mol. The zero-order valence-electron chi connectivity index (χ0n) is 21.9. The number of aromatic nitrogens is 2. The first kappa shape index (κ1) is 40.7. The van der Waals surface area contributed by atoms with Crippen LogP contribution in [0.3, 0.4) is 0 Å². The molecule has 0 saturated heterocycles. The van der Waals surface area contributed by atoms with E-state index in [0.717, 1.165) is 36.2 Å². The van der Waals surface area contributed by atoms with Crippen LogP contribution in [0.1, 0.15) is 39.1 Å². The zero-order valence-corrected chi connectivity index (χ0v) is 30.2. The van der Waals surface area contributed by atoms with Gasteiger partial charge in [-0.05, 0) is 74.1 Å². The molecular formula is C21H39N7OS3W2-2. The fraction of sp³-hybridized carbons (Fsp3) is 0.619. The van der Waals surface area contributed by atoms with Crippen LogP contribution in [0.2, 0.25) is 0 Å². The average Bonchev–Trinajstić information content (AvgIpc) is 3.41. The number of nitrogens with zero attached hydrogens (tertiary/aromatic N) is 5. The van der Waals surface area contributed by atoms with Crippen molar-refractivity contribution in [2.45, 2.75) is 41.5 Å². The van der Waals surface area contributed by atoms with Crippen molar-refractivity contribution in [3.63, 3.8) is 0 Å². The van der Waals surface area contributed by atoms with Crippen molar-refractivity contribution in [3.8, 4) is 0 Å². The van der Waals surface area contributed by atoms with E-state index in [1.165, 1.54) is 23.2 Å². The van der Waals surface area contributed by atoms with Crippen LogP contribution in [0.15, 0.2) is 0 Å². The third-order valence-corrected chi connectivity index (χ3v) is 6.11. The molecule has 1 amide bonds. The first-order valence-corrected chi connectivity index (χ1v) is 12.3. The number of thiazole rings is 2. The predicted octanol–water partition coefficient (Wildman–Crippen LogP) is 3.34. The number of hydrogen-bond acceptors (Lipinski definition) is 8. The van der Waals surface area contributed by atoms with Crippen LogP contribution >= 0.6 is 34.9 Å². The van der Waals surface area contributed by atoms with Gasteiger partial charge in [0.25, 0.3) is 0 Å². The summed E-state index contributed by atoms with van der Waals surface area (Å²) in [6.45, 7) is 14.5. The monoisotopic (exact) mass is 869 g/mol. The van der Waals surface area contributed by atoms with Gasteiger partial charge in [0, 0.05) is 72.9 Å². The van der Waals surface area contributed by atoms with Gasteiger partial charge in [0.2, 0.25) is 5.91 Å². The Labute approximate surface area is 248 Å². The van der Waals surface area contributed by atoms with Crippen molar-refractivity contribution >= 4 is 56.2 Å². The molecule has 2 rings (SSSR count). The van der Waals surface area contributed by atoms with E-state index in [1.54, 1.807) is 23.3 Å². The van der Waals surface area contributed by atoms with Crippen molar-refractivity contribution in [1.82, 2.24) is 20.2 Å². The van der Waals surface area contributed by atoms with Crippen molar-refractivity contribution in [2.24, 2.45) is 5.73 Å². The Morgan fingerprint density at radius 2 is 1.41 bits per heavy atom. The molecule has 0 saturated carbocycles. The van der Waals surface area contributed by atoms with Crippen LogP contribution in [-0.2, 0) is 46.9 Å². The maximum atomic E-state index is 10.8. The molecule has 8 nitrogen and oxygen atoms in total. The molecule has 0 spiro atoms. The van der Waals surface area contributed by atoms with Gasteiger partial charge in [0.1, 0.15) is 0 Å². The summed E-state index contributed by atoms with van der Waals surface area (Å²) in [6, 6.07) is 0. The maximum Gasteiger partial charge on any atom is 0.209 e. The molecule has 34 heavy (non-hydrogen) atoms. The van der Waals surface area contributed by atoms with E-state index < -0.39 is 0 Å². The van der Waals surface area contributed by atoms with Crippen molar-refractivity contribution in [2.75, 3.05) is 57.6 Å². The second kappa shape index (κ2) is 24.3. The maximum absolute atomic E-state index is 10.8. The Hall–Kier alpha value is -0.443. The van der Waals surface area contributed by atoms with Crippen LogP contribution in [-0.4, -0.2) is 73.7 Å². The van der Waals surface area contributed by atoms with Crippen molar-refractivity contribution in [1.29, 1.82) is 0 Å². The van der Waals surface area contributed by atoms with E-state index in [9.17, 15) is 4.79 Å². The van der Waals surface area contributed by atoms with E-state index in [4.69, 9.17) is 5.73 Å². The number of carbonyl (C=O) groups excluding carboxylic acids is 1. The van der Waals surface area contributed by atoms with Gasteiger partial charge >= 0.3 is 0 Å².